The standard InChI is InChI=1S/C12H15BrFN/c1-12(5-2-6-15-12)8-9-3-4-10(13)7-11(9)14/h3-4,7,15H,2,5-6,8H2,1H3. The molecule has 1 heterocycles. The van der Waals surface area contributed by atoms with Gasteiger partial charge in [-0.3, -0.25) is 0 Å². The SMILES string of the molecule is CC1(Cc2ccc(Br)cc2F)CCCN1. The molecule has 1 N–H and O–H groups in total. The normalized spacial score (nSPS) is 25.8. The van der Waals surface area contributed by atoms with Crippen LogP contribution >= 0.6 is 15.9 Å². The molecule has 1 fully saturated rings. The van der Waals surface area contributed by atoms with E-state index in [4.69, 9.17) is 0 Å². The Bertz CT molecular complexity index is 359. The minimum Gasteiger partial charge on any atom is -0.311 e. The highest BCUT2D eigenvalue weighted by Crippen LogP contribution is 2.25. The fraction of sp³-hybridized carbons (Fsp3) is 0.500. The summed E-state index contributed by atoms with van der Waals surface area (Å²) in [5.74, 6) is -0.112. The summed E-state index contributed by atoms with van der Waals surface area (Å²) in [6, 6.07) is 5.30. The smallest absolute Gasteiger partial charge is 0.127 e. The summed E-state index contributed by atoms with van der Waals surface area (Å²) in [7, 11) is 0. The first kappa shape index (κ1) is 11.1. The molecule has 2 rings (SSSR count). The number of benzene rings is 1. The maximum Gasteiger partial charge on any atom is 0.127 e. The van der Waals surface area contributed by atoms with Gasteiger partial charge in [-0.2, -0.15) is 0 Å². The molecule has 3 heteroatoms. The fourth-order valence-electron chi connectivity index (χ4n) is 2.19. The molecule has 0 amide bonds. The number of hydrogen-bond donors (Lipinski definition) is 1. The summed E-state index contributed by atoms with van der Waals surface area (Å²) in [5, 5.41) is 3.44. The van der Waals surface area contributed by atoms with E-state index in [1.165, 1.54) is 12.5 Å². The van der Waals surface area contributed by atoms with Crippen LogP contribution in [-0.2, 0) is 6.42 Å². The summed E-state index contributed by atoms with van der Waals surface area (Å²) in [4.78, 5) is 0. The molecule has 1 aromatic carbocycles. The average molecular weight is 272 g/mol. The van der Waals surface area contributed by atoms with Crippen LogP contribution < -0.4 is 5.32 Å². The first-order valence-electron chi connectivity index (χ1n) is 5.28. The van der Waals surface area contributed by atoms with Crippen molar-refractivity contribution < 1.29 is 4.39 Å². The number of halogens is 2. The van der Waals surface area contributed by atoms with Crippen molar-refractivity contribution in [2.45, 2.75) is 31.7 Å². The Morgan fingerprint density at radius 2 is 2.33 bits per heavy atom. The third-order valence-electron chi connectivity index (χ3n) is 3.05. The number of hydrogen-bond acceptors (Lipinski definition) is 1. The summed E-state index contributed by atoms with van der Waals surface area (Å²) in [6.07, 6.45) is 3.09. The Morgan fingerprint density at radius 1 is 1.53 bits per heavy atom. The average Bonchev–Trinajstić information content (AvgIpc) is 2.58. The van der Waals surface area contributed by atoms with Crippen molar-refractivity contribution in [3.05, 3.63) is 34.1 Å². The third-order valence-corrected chi connectivity index (χ3v) is 3.55. The lowest BCUT2D eigenvalue weighted by Gasteiger charge is -2.24. The molecule has 1 aliphatic rings. The van der Waals surface area contributed by atoms with Crippen LogP contribution in [0.1, 0.15) is 25.3 Å². The van der Waals surface area contributed by atoms with Crippen LogP contribution in [0.25, 0.3) is 0 Å². The van der Waals surface area contributed by atoms with Gasteiger partial charge >= 0.3 is 0 Å². The molecular weight excluding hydrogens is 257 g/mol. The zero-order valence-electron chi connectivity index (χ0n) is 8.82. The van der Waals surface area contributed by atoms with Crippen molar-refractivity contribution in [1.29, 1.82) is 0 Å². The van der Waals surface area contributed by atoms with E-state index in [1.54, 1.807) is 0 Å². The van der Waals surface area contributed by atoms with E-state index in [2.05, 4.69) is 28.2 Å². The molecule has 1 unspecified atom stereocenters. The predicted octanol–water partition coefficient (Wildman–Crippen LogP) is 3.27. The Kier molecular flexibility index (Phi) is 3.12. The first-order chi connectivity index (χ1) is 7.09. The highest BCUT2D eigenvalue weighted by molar-refractivity contribution is 9.10. The monoisotopic (exact) mass is 271 g/mol. The van der Waals surface area contributed by atoms with Crippen LogP contribution in [0.3, 0.4) is 0 Å². The lowest BCUT2D eigenvalue weighted by Crippen LogP contribution is -2.38. The second-order valence-electron chi connectivity index (χ2n) is 4.50. The maximum absolute atomic E-state index is 13.6. The summed E-state index contributed by atoms with van der Waals surface area (Å²) >= 11 is 3.27. The molecule has 0 spiro atoms. The second-order valence-corrected chi connectivity index (χ2v) is 5.42. The largest absolute Gasteiger partial charge is 0.311 e. The van der Waals surface area contributed by atoms with Crippen LogP contribution in [0.5, 0.6) is 0 Å². The first-order valence-corrected chi connectivity index (χ1v) is 6.07. The van der Waals surface area contributed by atoms with Gasteiger partial charge in [-0.15, -0.1) is 0 Å². The zero-order valence-corrected chi connectivity index (χ0v) is 10.4. The molecule has 1 atom stereocenters. The van der Waals surface area contributed by atoms with Gasteiger partial charge in [0.05, 0.1) is 0 Å². The molecule has 1 aromatic rings. The number of nitrogens with one attached hydrogen (secondary N) is 1. The summed E-state index contributed by atoms with van der Waals surface area (Å²) in [5.41, 5.74) is 0.879. The summed E-state index contributed by atoms with van der Waals surface area (Å²) in [6.45, 7) is 3.22. The van der Waals surface area contributed by atoms with E-state index in [9.17, 15) is 4.39 Å². The van der Waals surface area contributed by atoms with Crippen molar-refractivity contribution in [1.82, 2.24) is 5.32 Å². The van der Waals surface area contributed by atoms with Gasteiger partial charge in [-0.1, -0.05) is 22.0 Å². The molecule has 15 heavy (non-hydrogen) atoms. The highest BCUT2D eigenvalue weighted by Gasteiger charge is 2.28. The molecule has 0 bridgehead atoms. The summed E-state index contributed by atoms with van der Waals surface area (Å²) < 4.78 is 14.4. The number of rotatable bonds is 2. The lowest BCUT2D eigenvalue weighted by molar-refractivity contribution is 0.405. The molecule has 0 aromatic heterocycles. The minimum absolute atomic E-state index is 0.0780. The molecule has 1 aliphatic heterocycles. The van der Waals surface area contributed by atoms with E-state index in [0.29, 0.717) is 0 Å². The van der Waals surface area contributed by atoms with Crippen LogP contribution in [0.15, 0.2) is 22.7 Å². The molecule has 0 aliphatic carbocycles. The van der Waals surface area contributed by atoms with Crippen molar-refractivity contribution >= 4 is 15.9 Å². The Hall–Kier alpha value is -0.410. The van der Waals surface area contributed by atoms with E-state index in [-0.39, 0.29) is 11.4 Å². The van der Waals surface area contributed by atoms with Crippen molar-refractivity contribution in [3.63, 3.8) is 0 Å². The Morgan fingerprint density at radius 3 is 2.93 bits per heavy atom. The Balaban J connectivity index is 2.16. The van der Waals surface area contributed by atoms with Gasteiger partial charge < -0.3 is 5.32 Å². The molecule has 1 nitrogen and oxygen atoms in total. The molecular formula is C12H15BrFN. The van der Waals surface area contributed by atoms with Crippen LogP contribution in [-0.4, -0.2) is 12.1 Å². The minimum atomic E-state index is -0.112. The van der Waals surface area contributed by atoms with Crippen LogP contribution in [0, 0.1) is 5.82 Å². The second kappa shape index (κ2) is 4.22. The predicted molar refractivity (Wildman–Crippen MR) is 63.4 cm³/mol. The lowest BCUT2D eigenvalue weighted by atomic mass is 9.91. The third kappa shape index (κ3) is 2.58. The topological polar surface area (TPSA) is 12.0 Å². The van der Waals surface area contributed by atoms with Gasteiger partial charge in [-0.05, 0) is 50.4 Å². The van der Waals surface area contributed by atoms with Gasteiger partial charge in [0.25, 0.3) is 0 Å². The fourth-order valence-corrected chi connectivity index (χ4v) is 2.53. The van der Waals surface area contributed by atoms with Crippen LogP contribution in [0.4, 0.5) is 4.39 Å². The van der Waals surface area contributed by atoms with Crippen LogP contribution in [0.2, 0.25) is 0 Å². The van der Waals surface area contributed by atoms with E-state index in [0.717, 1.165) is 29.4 Å². The van der Waals surface area contributed by atoms with Crippen molar-refractivity contribution in [3.8, 4) is 0 Å². The molecule has 1 saturated heterocycles. The van der Waals surface area contributed by atoms with Crippen molar-refractivity contribution in [2.75, 3.05) is 6.54 Å². The van der Waals surface area contributed by atoms with E-state index < -0.39 is 0 Å². The van der Waals surface area contributed by atoms with Gasteiger partial charge in [0, 0.05) is 10.0 Å². The molecule has 82 valence electrons. The molecule has 0 radical (unpaired) electrons. The van der Waals surface area contributed by atoms with E-state index >= 15 is 0 Å². The zero-order chi connectivity index (χ0) is 10.9. The van der Waals surface area contributed by atoms with Gasteiger partial charge in [-0.25, -0.2) is 4.39 Å². The highest BCUT2D eigenvalue weighted by atomic mass is 79.9. The van der Waals surface area contributed by atoms with E-state index in [1.807, 2.05) is 12.1 Å². The van der Waals surface area contributed by atoms with Crippen molar-refractivity contribution in [2.24, 2.45) is 0 Å². The molecule has 0 saturated carbocycles. The Labute approximate surface area is 98.2 Å². The van der Waals surface area contributed by atoms with Gasteiger partial charge in [0.1, 0.15) is 5.82 Å². The van der Waals surface area contributed by atoms with Gasteiger partial charge in [0.15, 0.2) is 0 Å². The van der Waals surface area contributed by atoms with Gasteiger partial charge in [0.2, 0.25) is 0 Å². The quantitative estimate of drug-likeness (QED) is 0.871. The maximum atomic E-state index is 13.6.